The SMILES string of the molecule is COc1[c]cc(-c2ccc(Cl)s2)cc1O. The van der Waals surface area contributed by atoms with Crippen molar-refractivity contribution >= 4 is 22.9 Å². The maximum Gasteiger partial charge on any atom is 0.168 e. The lowest BCUT2D eigenvalue weighted by Gasteiger charge is -2.03. The zero-order valence-electron chi connectivity index (χ0n) is 7.95. The summed E-state index contributed by atoms with van der Waals surface area (Å²) in [6, 6.07) is 9.98. The Hall–Kier alpha value is -1.19. The maximum absolute atomic E-state index is 9.57. The standard InChI is InChI=1S/C11H8ClO2S/c1-14-9-3-2-7(6-8(9)13)10-4-5-11(12)15-10/h2,4-6,13H,1H3. The molecule has 1 heterocycles. The maximum atomic E-state index is 9.57. The Morgan fingerprint density at radius 2 is 2.27 bits per heavy atom. The number of phenols is 1. The number of aromatic hydroxyl groups is 1. The third-order valence-electron chi connectivity index (χ3n) is 1.95. The minimum Gasteiger partial charge on any atom is -0.504 e. The van der Waals surface area contributed by atoms with Gasteiger partial charge < -0.3 is 9.84 Å². The highest BCUT2D eigenvalue weighted by Gasteiger charge is 2.06. The summed E-state index contributed by atoms with van der Waals surface area (Å²) >= 11 is 7.29. The van der Waals surface area contributed by atoms with E-state index in [0.29, 0.717) is 5.75 Å². The molecule has 1 aromatic carbocycles. The predicted octanol–water partition coefficient (Wildman–Crippen LogP) is 3.58. The molecule has 0 saturated heterocycles. The van der Waals surface area contributed by atoms with E-state index in [4.69, 9.17) is 16.3 Å². The molecule has 0 aliphatic rings. The molecule has 0 unspecified atom stereocenters. The molecule has 0 amide bonds. The second-order valence-electron chi connectivity index (χ2n) is 2.91. The van der Waals surface area contributed by atoms with Crippen molar-refractivity contribution in [1.29, 1.82) is 0 Å². The molecule has 0 fully saturated rings. The van der Waals surface area contributed by atoms with Gasteiger partial charge >= 0.3 is 0 Å². The van der Waals surface area contributed by atoms with Crippen LogP contribution in [-0.2, 0) is 0 Å². The molecule has 0 saturated carbocycles. The average Bonchev–Trinajstić information content (AvgIpc) is 2.65. The van der Waals surface area contributed by atoms with Gasteiger partial charge in [0.1, 0.15) is 0 Å². The molecule has 1 N–H and O–H groups in total. The van der Waals surface area contributed by atoms with Crippen molar-refractivity contribution < 1.29 is 9.84 Å². The number of halogens is 1. The Balaban J connectivity index is 2.42. The fourth-order valence-electron chi connectivity index (χ4n) is 1.25. The van der Waals surface area contributed by atoms with Crippen LogP contribution in [0.5, 0.6) is 11.5 Å². The van der Waals surface area contributed by atoms with E-state index in [1.54, 1.807) is 12.1 Å². The lowest BCUT2D eigenvalue weighted by atomic mass is 10.2. The lowest BCUT2D eigenvalue weighted by Crippen LogP contribution is -1.83. The van der Waals surface area contributed by atoms with Crippen molar-refractivity contribution in [2.45, 2.75) is 0 Å². The summed E-state index contributed by atoms with van der Waals surface area (Å²) in [6.07, 6.45) is 0. The number of benzene rings is 1. The largest absolute Gasteiger partial charge is 0.504 e. The Bertz CT molecular complexity index is 479. The van der Waals surface area contributed by atoms with Gasteiger partial charge in [0, 0.05) is 10.9 Å². The van der Waals surface area contributed by atoms with Crippen LogP contribution >= 0.6 is 22.9 Å². The number of hydrogen-bond acceptors (Lipinski definition) is 3. The average molecular weight is 240 g/mol. The predicted molar refractivity (Wildman–Crippen MR) is 61.8 cm³/mol. The molecule has 0 bridgehead atoms. The summed E-state index contributed by atoms with van der Waals surface area (Å²) in [5.41, 5.74) is 0.880. The molecule has 0 atom stereocenters. The van der Waals surface area contributed by atoms with Gasteiger partial charge in [-0.3, -0.25) is 0 Å². The molecular weight excluding hydrogens is 232 g/mol. The second-order valence-corrected chi connectivity index (χ2v) is 4.63. The van der Waals surface area contributed by atoms with E-state index >= 15 is 0 Å². The normalized spacial score (nSPS) is 10.3. The third-order valence-corrected chi connectivity index (χ3v) is 3.23. The van der Waals surface area contributed by atoms with Crippen molar-refractivity contribution in [2.24, 2.45) is 0 Å². The third kappa shape index (κ3) is 2.08. The van der Waals surface area contributed by atoms with Gasteiger partial charge in [0.25, 0.3) is 0 Å². The lowest BCUT2D eigenvalue weighted by molar-refractivity contribution is 0.373. The number of hydrogen-bond donors (Lipinski definition) is 1. The first-order chi connectivity index (χ1) is 7.20. The Morgan fingerprint density at radius 3 is 2.80 bits per heavy atom. The molecule has 15 heavy (non-hydrogen) atoms. The quantitative estimate of drug-likeness (QED) is 0.868. The van der Waals surface area contributed by atoms with Gasteiger partial charge in [-0.25, -0.2) is 0 Å². The van der Waals surface area contributed by atoms with Gasteiger partial charge in [-0.15, -0.1) is 11.3 Å². The van der Waals surface area contributed by atoms with E-state index in [-0.39, 0.29) is 5.75 Å². The Kier molecular flexibility index (Phi) is 2.84. The number of methoxy groups -OCH3 is 1. The summed E-state index contributed by atoms with van der Waals surface area (Å²) in [5.74, 6) is 0.431. The number of ether oxygens (including phenoxy) is 1. The van der Waals surface area contributed by atoms with E-state index in [1.165, 1.54) is 18.4 Å². The summed E-state index contributed by atoms with van der Waals surface area (Å²) in [4.78, 5) is 0.995. The zero-order chi connectivity index (χ0) is 10.8. The number of phenolic OH excluding ortho intramolecular Hbond substituents is 1. The van der Waals surface area contributed by atoms with Gasteiger partial charge in [-0.05, 0) is 29.8 Å². The molecule has 0 spiro atoms. The van der Waals surface area contributed by atoms with Crippen LogP contribution in [0, 0.1) is 6.07 Å². The van der Waals surface area contributed by atoms with Crippen LogP contribution in [0.15, 0.2) is 24.3 Å². The molecule has 0 aliphatic carbocycles. The molecule has 2 rings (SSSR count). The first-order valence-electron chi connectivity index (χ1n) is 4.25. The van der Waals surface area contributed by atoms with Crippen molar-refractivity contribution in [2.75, 3.05) is 7.11 Å². The van der Waals surface area contributed by atoms with Crippen LogP contribution in [-0.4, -0.2) is 12.2 Å². The van der Waals surface area contributed by atoms with Gasteiger partial charge in [-0.1, -0.05) is 11.6 Å². The van der Waals surface area contributed by atoms with E-state index < -0.39 is 0 Å². The highest BCUT2D eigenvalue weighted by atomic mass is 35.5. The van der Waals surface area contributed by atoms with Gasteiger partial charge in [0.15, 0.2) is 11.5 Å². The van der Waals surface area contributed by atoms with Crippen LogP contribution < -0.4 is 4.74 Å². The number of rotatable bonds is 2. The van der Waals surface area contributed by atoms with Crippen molar-refractivity contribution in [3.8, 4) is 21.9 Å². The summed E-state index contributed by atoms with van der Waals surface area (Å²) in [5, 5.41) is 9.57. The zero-order valence-corrected chi connectivity index (χ0v) is 9.52. The van der Waals surface area contributed by atoms with E-state index in [2.05, 4.69) is 6.07 Å². The van der Waals surface area contributed by atoms with Crippen LogP contribution in [0.2, 0.25) is 4.34 Å². The Labute approximate surface area is 96.7 Å². The molecule has 2 aromatic rings. The Morgan fingerprint density at radius 1 is 1.47 bits per heavy atom. The van der Waals surface area contributed by atoms with E-state index in [1.807, 2.05) is 12.1 Å². The van der Waals surface area contributed by atoms with E-state index in [0.717, 1.165) is 14.8 Å². The minimum atomic E-state index is 0.0829. The number of thiophene rings is 1. The monoisotopic (exact) mass is 239 g/mol. The van der Waals surface area contributed by atoms with Crippen molar-refractivity contribution in [1.82, 2.24) is 0 Å². The van der Waals surface area contributed by atoms with Crippen LogP contribution in [0.25, 0.3) is 10.4 Å². The van der Waals surface area contributed by atoms with Crippen molar-refractivity contribution in [3.05, 3.63) is 34.7 Å². The van der Waals surface area contributed by atoms with E-state index in [9.17, 15) is 5.11 Å². The second kappa shape index (κ2) is 4.13. The van der Waals surface area contributed by atoms with Crippen molar-refractivity contribution in [3.63, 3.8) is 0 Å². The highest BCUT2D eigenvalue weighted by molar-refractivity contribution is 7.19. The minimum absolute atomic E-state index is 0.0829. The molecule has 0 aliphatic heterocycles. The molecule has 77 valence electrons. The molecule has 1 aromatic heterocycles. The summed E-state index contributed by atoms with van der Waals surface area (Å²) < 4.78 is 5.64. The first-order valence-corrected chi connectivity index (χ1v) is 5.44. The fourth-order valence-corrected chi connectivity index (χ4v) is 2.28. The molecule has 4 heteroatoms. The summed E-state index contributed by atoms with van der Waals surface area (Å²) in [7, 11) is 1.49. The molecule has 1 radical (unpaired) electrons. The van der Waals surface area contributed by atoms with Crippen LogP contribution in [0.1, 0.15) is 0 Å². The van der Waals surface area contributed by atoms with Gasteiger partial charge in [0.2, 0.25) is 0 Å². The van der Waals surface area contributed by atoms with Gasteiger partial charge in [-0.2, -0.15) is 0 Å². The smallest absolute Gasteiger partial charge is 0.168 e. The first kappa shape index (κ1) is 10.3. The van der Waals surface area contributed by atoms with Crippen LogP contribution in [0.4, 0.5) is 0 Å². The molecular formula is C11H8ClO2S. The fraction of sp³-hybridized carbons (Fsp3) is 0.0909. The highest BCUT2D eigenvalue weighted by Crippen LogP contribution is 2.35. The van der Waals surface area contributed by atoms with Crippen LogP contribution in [0.3, 0.4) is 0 Å². The van der Waals surface area contributed by atoms with Gasteiger partial charge in [0.05, 0.1) is 11.4 Å². The molecule has 2 nitrogen and oxygen atoms in total. The summed E-state index contributed by atoms with van der Waals surface area (Å²) in [6.45, 7) is 0. The topological polar surface area (TPSA) is 29.5 Å².